The zero-order valence-corrected chi connectivity index (χ0v) is 19.0. The monoisotopic (exact) mass is 484 g/mol. The van der Waals surface area contributed by atoms with Crippen LogP contribution in [0, 0.1) is 11.6 Å². The highest BCUT2D eigenvalue weighted by Gasteiger charge is 2.23. The number of imidazole rings is 1. The van der Waals surface area contributed by atoms with Crippen molar-refractivity contribution < 1.29 is 22.0 Å². The van der Waals surface area contributed by atoms with Crippen LogP contribution in [0.2, 0.25) is 0 Å². The van der Waals surface area contributed by atoms with Gasteiger partial charge in [-0.3, -0.25) is 4.79 Å². The van der Waals surface area contributed by atoms with Gasteiger partial charge in [0.05, 0.1) is 15.9 Å². The van der Waals surface area contributed by atoms with Crippen molar-refractivity contribution in [1.29, 1.82) is 0 Å². The summed E-state index contributed by atoms with van der Waals surface area (Å²) in [7, 11) is -2.24. The SMILES string of the molecule is Cn1c(C(NC(=O)CCNS(=O)(=O)c2ccc(F)c(F)c2)c2ccccc2)nc2ccccc21. The Morgan fingerprint density at radius 3 is 2.41 bits per heavy atom. The second-order valence-corrected chi connectivity index (χ2v) is 9.42. The highest BCUT2D eigenvalue weighted by Crippen LogP contribution is 2.25. The van der Waals surface area contributed by atoms with Crippen LogP contribution in [0.4, 0.5) is 8.78 Å². The standard InChI is InChI=1S/C24H22F2N4O3S/c1-30-21-10-6-5-9-20(21)28-24(30)23(16-7-3-2-4-8-16)29-22(31)13-14-27-34(32,33)17-11-12-18(25)19(26)15-17/h2-12,15,23,27H,13-14H2,1H3,(H,29,31). The molecule has 2 N–H and O–H groups in total. The molecule has 176 valence electrons. The van der Waals surface area contributed by atoms with Gasteiger partial charge in [0.1, 0.15) is 11.9 Å². The van der Waals surface area contributed by atoms with Crippen LogP contribution in [0.15, 0.2) is 77.7 Å². The summed E-state index contributed by atoms with van der Waals surface area (Å²) in [6.45, 7) is -0.225. The van der Waals surface area contributed by atoms with Crippen molar-refractivity contribution in [2.75, 3.05) is 6.54 Å². The molecule has 1 aromatic heterocycles. The zero-order valence-electron chi connectivity index (χ0n) is 18.2. The van der Waals surface area contributed by atoms with Gasteiger partial charge in [0, 0.05) is 20.0 Å². The fourth-order valence-corrected chi connectivity index (χ4v) is 4.67. The van der Waals surface area contributed by atoms with E-state index in [0.29, 0.717) is 11.9 Å². The molecule has 0 saturated heterocycles. The van der Waals surface area contributed by atoms with E-state index in [1.165, 1.54) is 0 Å². The number of hydrogen-bond donors (Lipinski definition) is 2. The number of amides is 1. The fourth-order valence-electron chi connectivity index (χ4n) is 3.62. The fraction of sp³-hybridized carbons (Fsp3) is 0.167. The smallest absolute Gasteiger partial charge is 0.240 e. The number of nitrogens with one attached hydrogen (secondary N) is 2. The summed E-state index contributed by atoms with van der Waals surface area (Å²) in [6.07, 6.45) is -0.170. The molecule has 1 heterocycles. The Labute approximate surface area is 195 Å². The van der Waals surface area contributed by atoms with Gasteiger partial charge >= 0.3 is 0 Å². The molecule has 1 amide bonds. The van der Waals surface area contributed by atoms with Gasteiger partial charge in [-0.05, 0) is 35.9 Å². The maximum atomic E-state index is 13.4. The second-order valence-electron chi connectivity index (χ2n) is 7.65. The molecule has 4 rings (SSSR count). The molecular formula is C24H22F2N4O3S. The number of sulfonamides is 1. The summed E-state index contributed by atoms with van der Waals surface area (Å²) in [5.74, 6) is -2.20. The zero-order chi connectivity index (χ0) is 24.3. The van der Waals surface area contributed by atoms with E-state index in [0.717, 1.165) is 28.7 Å². The van der Waals surface area contributed by atoms with Gasteiger partial charge in [0.25, 0.3) is 0 Å². The first-order valence-corrected chi connectivity index (χ1v) is 11.9. The third kappa shape index (κ3) is 4.97. The van der Waals surface area contributed by atoms with Crippen molar-refractivity contribution in [3.8, 4) is 0 Å². The van der Waals surface area contributed by atoms with Crippen molar-refractivity contribution in [3.05, 3.63) is 95.8 Å². The Morgan fingerprint density at radius 2 is 1.71 bits per heavy atom. The molecule has 0 aliphatic rings. The summed E-state index contributed by atoms with van der Waals surface area (Å²) in [5.41, 5.74) is 2.51. The van der Waals surface area contributed by atoms with E-state index in [4.69, 9.17) is 0 Å². The molecule has 0 radical (unpaired) electrons. The number of aryl methyl sites for hydroxylation is 1. The summed E-state index contributed by atoms with van der Waals surface area (Å²) in [4.78, 5) is 17.0. The lowest BCUT2D eigenvalue weighted by Crippen LogP contribution is -2.34. The lowest BCUT2D eigenvalue weighted by molar-refractivity contribution is -0.121. The minimum absolute atomic E-state index is 0.170. The number of hydrogen-bond acceptors (Lipinski definition) is 4. The number of halogens is 2. The molecule has 3 aromatic carbocycles. The molecule has 1 atom stereocenters. The van der Waals surface area contributed by atoms with Crippen LogP contribution in [-0.4, -0.2) is 30.4 Å². The van der Waals surface area contributed by atoms with E-state index in [1.807, 2.05) is 66.2 Å². The third-order valence-electron chi connectivity index (χ3n) is 5.36. The van der Waals surface area contributed by atoms with Crippen LogP contribution in [0.25, 0.3) is 11.0 Å². The predicted octanol–water partition coefficient (Wildman–Crippen LogP) is 3.43. The van der Waals surface area contributed by atoms with E-state index < -0.39 is 38.5 Å². The van der Waals surface area contributed by atoms with Gasteiger partial charge < -0.3 is 9.88 Å². The summed E-state index contributed by atoms with van der Waals surface area (Å²) in [5, 5.41) is 2.93. The van der Waals surface area contributed by atoms with Crippen LogP contribution in [0.5, 0.6) is 0 Å². The molecule has 34 heavy (non-hydrogen) atoms. The Bertz CT molecular complexity index is 1440. The van der Waals surface area contributed by atoms with Crippen LogP contribution < -0.4 is 10.0 Å². The maximum Gasteiger partial charge on any atom is 0.240 e. The Morgan fingerprint density at radius 1 is 1.00 bits per heavy atom. The van der Waals surface area contributed by atoms with Crippen molar-refractivity contribution in [2.24, 2.45) is 7.05 Å². The molecule has 0 aliphatic heterocycles. The van der Waals surface area contributed by atoms with E-state index in [2.05, 4.69) is 15.0 Å². The lowest BCUT2D eigenvalue weighted by Gasteiger charge is -2.19. The quantitative estimate of drug-likeness (QED) is 0.401. The highest BCUT2D eigenvalue weighted by molar-refractivity contribution is 7.89. The largest absolute Gasteiger partial charge is 0.342 e. The van der Waals surface area contributed by atoms with Gasteiger partial charge in [-0.1, -0.05) is 42.5 Å². The van der Waals surface area contributed by atoms with E-state index >= 15 is 0 Å². The second kappa shape index (κ2) is 9.70. The molecule has 0 saturated carbocycles. The number of aromatic nitrogens is 2. The van der Waals surface area contributed by atoms with Gasteiger partial charge in [-0.15, -0.1) is 0 Å². The minimum atomic E-state index is -4.11. The van der Waals surface area contributed by atoms with Crippen LogP contribution in [0.3, 0.4) is 0 Å². The summed E-state index contributed by atoms with van der Waals surface area (Å²) < 4.78 is 55.3. The van der Waals surface area contributed by atoms with Crippen LogP contribution in [-0.2, 0) is 21.9 Å². The first-order valence-electron chi connectivity index (χ1n) is 10.5. The first-order chi connectivity index (χ1) is 16.3. The topological polar surface area (TPSA) is 93.1 Å². The first kappa shape index (κ1) is 23.5. The summed E-state index contributed by atoms with van der Waals surface area (Å²) in [6, 6.07) is 18.6. The maximum absolute atomic E-state index is 13.4. The molecule has 1 unspecified atom stereocenters. The molecule has 0 aliphatic carbocycles. The average Bonchev–Trinajstić information content (AvgIpc) is 3.16. The van der Waals surface area contributed by atoms with Crippen molar-refractivity contribution in [3.63, 3.8) is 0 Å². The van der Waals surface area contributed by atoms with E-state index in [1.54, 1.807) is 0 Å². The lowest BCUT2D eigenvalue weighted by atomic mass is 10.1. The van der Waals surface area contributed by atoms with Crippen molar-refractivity contribution in [2.45, 2.75) is 17.4 Å². The molecule has 0 fully saturated rings. The molecule has 4 aromatic rings. The van der Waals surface area contributed by atoms with Crippen molar-refractivity contribution >= 4 is 27.0 Å². The average molecular weight is 485 g/mol. The Hall–Kier alpha value is -3.63. The Balaban J connectivity index is 1.49. The van der Waals surface area contributed by atoms with E-state index in [9.17, 15) is 22.0 Å². The number of nitrogens with zero attached hydrogens (tertiary/aromatic N) is 2. The number of fused-ring (bicyclic) bond motifs is 1. The number of carbonyl (C=O) groups excluding carboxylic acids is 1. The molecule has 0 bridgehead atoms. The highest BCUT2D eigenvalue weighted by atomic mass is 32.2. The number of rotatable bonds is 8. The van der Waals surface area contributed by atoms with Gasteiger partial charge in [0.15, 0.2) is 11.6 Å². The molecular weight excluding hydrogens is 462 g/mol. The van der Waals surface area contributed by atoms with E-state index in [-0.39, 0.29) is 13.0 Å². The minimum Gasteiger partial charge on any atom is -0.342 e. The number of carbonyl (C=O) groups is 1. The van der Waals surface area contributed by atoms with Crippen LogP contribution in [0.1, 0.15) is 23.9 Å². The Kier molecular flexibility index (Phi) is 6.71. The number of para-hydroxylation sites is 2. The van der Waals surface area contributed by atoms with Gasteiger partial charge in [-0.25, -0.2) is 26.9 Å². The normalized spacial score (nSPS) is 12.6. The third-order valence-corrected chi connectivity index (χ3v) is 6.82. The van der Waals surface area contributed by atoms with Crippen LogP contribution >= 0.6 is 0 Å². The molecule has 0 spiro atoms. The molecule has 10 heteroatoms. The number of benzene rings is 3. The van der Waals surface area contributed by atoms with Gasteiger partial charge in [-0.2, -0.15) is 0 Å². The van der Waals surface area contributed by atoms with Crippen molar-refractivity contribution in [1.82, 2.24) is 19.6 Å². The predicted molar refractivity (Wildman–Crippen MR) is 123 cm³/mol. The molecule has 7 nitrogen and oxygen atoms in total. The van der Waals surface area contributed by atoms with Gasteiger partial charge in [0.2, 0.25) is 15.9 Å². The summed E-state index contributed by atoms with van der Waals surface area (Å²) >= 11 is 0.